The summed E-state index contributed by atoms with van der Waals surface area (Å²) in [6, 6.07) is 8.74. The largest absolute Gasteiger partial charge is 0.337 e. The number of carbonyl (C=O) groups is 1. The maximum atomic E-state index is 12.5. The van der Waals surface area contributed by atoms with Gasteiger partial charge in [0.2, 0.25) is 10.0 Å². The molecule has 1 aromatic heterocycles. The fourth-order valence-electron chi connectivity index (χ4n) is 2.85. The van der Waals surface area contributed by atoms with Crippen molar-refractivity contribution in [3.8, 4) is 0 Å². The van der Waals surface area contributed by atoms with E-state index < -0.39 is 10.0 Å². The van der Waals surface area contributed by atoms with Crippen LogP contribution in [0.4, 0.5) is 0 Å². The quantitative estimate of drug-likeness (QED) is 0.893. The second-order valence-electron chi connectivity index (χ2n) is 5.93. The van der Waals surface area contributed by atoms with Crippen molar-refractivity contribution >= 4 is 15.9 Å². The molecule has 2 aromatic rings. The van der Waals surface area contributed by atoms with E-state index in [1.54, 1.807) is 24.1 Å². The van der Waals surface area contributed by atoms with Gasteiger partial charge < -0.3 is 4.90 Å². The third-order valence-corrected chi connectivity index (χ3v) is 5.52. The second kappa shape index (κ2) is 6.74. The average Bonchev–Trinajstić information content (AvgIpc) is 3.02. The van der Waals surface area contributed by atoms with Crippen molar-refractivity contribution in [3.63, 3.8) is 0 Å². The highest BCUT2D eigenvalue weighted by atomic mass is 32.2. The lowest BCUT2D eigenvalue weighted by Gasteiger charge is -2.33. The number of sulfonamides is 1. The van der Waals surface area contributed by atoms with Gasteiger partial charge in [0.15, 0.2) is 0 Å². The summed E-state index contributed by atoms with van der Waals surface area (Å²) in [6.45, 7) is 1.01. The number of aromatic nitrogens is 2. The highest BCUT2D eigenvalue weighted by Crippen LogP contribution is 2.16. The Morgan fingerprint density at radius 3 is 2.71 bits per heavy atom. The number of piperidine rings is 1. The van der Waals surface area contributed by atoms with Crippen LogP contribution >= 0.6 is 0 Å². The molecule has 7 nitrogen and oxygen atoms in total. The van der Waals surface area contributed by atoms with Crippen molar-refractivity contribution in [3.05, 3.63) is 48.3 Å². The average molecular weight is 348 g/mol. The SMILES string of the molecule is Cn1cc(S(=O)(=O)N[C@H]2CCCN(C(=O)c3ccccc3)C2)cn1. The molecule has 0 aliphatic carbocycles. The topological polar surface area (TPSA) is 84.3 Å². The van der Waals surface area contributed by atoms with Crippen LogP contribution in [0.1, 0.15) is 23.2 Å². The molecule has 1 saturated heterocycles. The van der Waals surface area contributed by atoms with Gasteiger partial charge in [-0.2, -0.15) is 5.10 Å². The fraction of sp³-hybridized carbons (Fsp3) is 0.375. The number of nitrogens with zero attached hydrogens (tertiary/aromatic N) is 3. The minimum atomic E-state index is -3.62. The molecule has 3 rings (SSSR count). The molecule has 1 aliphatic rings. The van der Waals surface area contributed by atoms with E-state index in [9.17, 15) is 13.2 Å². The number of amides is 1. The molecule has 2 heterocycles. The molecule has 1 N–H and O–H groups in total. The van der Waals surface area contributed by atoms with Crippen molar-refractivity contribution in [1.82, 2.24) is 19.4 Å². The fourth-order valence-corrected chi connectivity index (χ4v) is 4.09. The highest BCUT2D eigenvalue weighted by molar-refractivity contribution is 7.89. The van der Waals surface area contributed by atoms with Crippen molar-refractivity contribution in [2.75, 3.05) is 13.1 Å². The molecule has 1 fully saturated rings. The molecular formula is C16H20N4O3S. The monoisotopic (exact) mass is 348 g/mol. The number of likely N-dealkylation sites (tertiary alicyclic amines) is 1. The summed E-state index contributed by atoms with van der Waals surface area (Å²) in [5, 5.41) is 3.89. The number of carbonyl (C=O) groups excluding carboxylic acids is 1. The summed E-state index contributed by atoms with van der Waals surface area (Å²) in [7, 11) is -1.96. The third kappa shape index (κ3) is 3.65. The molecular weight excluding hydrogens is 328 g/mol. The first-order valence-corrected chi connectivity index (χ1v) is 9.29. The molecule has 8 heteroatoms. The van der Waals surface area contributed by atoms with E-state index in [2.05, 4.69) is 9.82 Å². The lowest BCUT2D eigenvalue weighted by molar-refractivity contribution is 0.0703. The zero-order valence-corrected chi connectivity index (χ0v) is 14.2. The molecule has 1 atom stereocenters. The molecule has 1 aliphatic heterocycles. The van der Waals surface area contributed by atoms with Gasteiger partial charge >= 0.3 is 0 Å². The van der Waals surface area contributed by atoms with Crippen LogP contribution in [-0.2, 0) is 17.1 Å². The standard InChI is InChI=1S/C16H20N4O3S/c1-19-12-15(10-17-19)24(22,23)18-14-8-5-9-20(11-14)16(21)13-6-3-2-4-7-13/h2-4,6-7,10,12,14,18H,5,8-9,11H2,1H3/t14-/m0/s1. The van der Waals surface area contributed by atoms with E-state index in [0.717, 1.165) is 6.42 Å². The maximum absolute atomic E-state index is 12.5. The number of nitrogens with one attached hydrogen (secondary N) is 1. The smallest absolute Gasteiger partial charge is 0.253 e. The van der Waals surface area contributed by atoms with Crippen LogP contribution in [0.2, 0.25) is 0 Å². The first kappa shape index (κ1) is 16.7. The zero-order chi connectivity index (χ0) is 17.2. The molecule has 24 heavy (non-hydrogen) atoms. The Morgan fingerprint density at radius 1 is 1.29 bits per heavy atom. The predicted octanol–water partition coefficient (Wildman–Crippen LogP) is 1.00. The maximum Gasteiger partial charge on any atom is 0.253 e. The van der Waals surface area contributed by atoms with Gasteiger partial charge in [-0.25, -0.2) is 13.1 Å². The number of aryl methyl sites for hydroxylation is 1. The number of hydrogen-bond donors (Lipinski definition) is 1. The summed E-state index contributed by atoms with van der Waals surface area (Å²) in [4.78, 5) is 14.4. The van der Waals surface area contributed by atoms with E-state index in [1.165, 1.54) is 17.1 Å². The Balaban J connectivity index is 1.69. The van der Waals surface area contributed by atoms with Crippen molar-refractivity contribution < 1.29 is 13.2 Å². The van der Waals surface area contributed by atoms with Gasteiger partial charge in [0.1, 0.15) is 4.90 Å². The number of benzene rings is 1. The molecule has 0 saturated carbocycles. The molecule has 0 radical (unpaired) electrons. The number of hydrogen-bond acceptors (Lipinski definition) is 4. The van der Waals surface area contributed by atoms with E-state index in [4.69, 9.17) is 0 Å². The van der Waals surface area contributed by atoms with Crippen LogP contribution in [-0.4, -0.2) is 48.1 Å². The van der Waals surface area contributed by atoms with Crippen molar-refractivity contribution in [2.45, 2.75) is 23.8 Å². The van der Waals surface area contributed by atoms with Gasteiger partial charge in [0.25, 0.3) is 5.91 Å². The Labute approximate surface area is 141 Å². The first-order chi connectivity index (χ1) is 11.5. The van der Waals surface area contributed by atoms with Gasteiger partial charge in [-0.1, -0.05) is 18.2 Å². The zero-order valence-electron chi connectivity index (χ0n) is 13.4. The van der Waals surface area contributed by atoms with Crippen molar-refractivity contribution in [1.29, 1.82) is 0 Å². The molecule has 0 bridgehead atoms. The number of rotatable bonds is 4. The van der Waals surface area contributed by atoms with Crippen LogP contribution in [0.15, 0.2) is 47.6 Å². The first-order valence-electron chi connectivity index (χ1n) is 7.81. The molecule has 1 aromatic carbocycles. The van der Waals surface area contributed by atoms with Gasteiger partial charge in [-0.15, -0.1) is 0 Å². The van der Waals surface area contributed by atoms with Crippen LogP contribution in [0, 0.1) is 0 Å². The summed E-state index contributed by atoms with van der Waals surface area (Å²) in [5.74, 6) is -0.0686. The van der Waals surface area contributed by atoms with Gasteiger partial charge in [0.05, 0.1) is 6.20 Å². The van der Waals surface area contributed by atoms with Crippen molar-refractivity contribution in [2.24, 2.45) is 7.05 Å². The minimum absolute atomic E-state index is 0.0686. The van der Waals surface area contributed by atoms with Gasteiger partial charge in [0, 0.05) is 37.9 Å². The van der Waals surface area contributed by atoms with Gasteiger partial charge in [-0.3, -0.25) is 9.48 Å². The Kier molecular flexibility index (Phi) is 4.68. The van der Waals surface area contributed by atoms with E-state index in [-0.39, 0.29) is 16.8 Å². The lowest BCUT2D eigenvalue weighted by Crippen LogP contribution is -2.49. The van der Waals surface area contributed by atoms with Gasteiger partial charge in [-0.05, 0) is 25.0 Å². The Bertz CT molecular complexity index is 817. The molecule has 1 amide bonds. The third-order valence-electron chi connectivity index (χ3n) is 4.04. The highest BCUT2D eigenvalue weighted by Gasteiger charge is 2.28. The Morgan fingerprint density at radius 2 is 2.04 bits per heavy atom. The van der Waals surface area contributed by atoms with Crippen LogP contribution in [0.25, 0.3) is 0 Å². The van der Waals surface area contributed by atoms with Crippen LogP contribution < -0.4 is 4.72 Å². The van der Waals surface area contributed by atoms with Crippen LogP contribution in [0.5, 0.6) is 0 Å². The molecule has 128 valence electrons. The lowest BCUT2D eigenvalue weighted by atomic mass is 10.1. The van der Waals surface area contributed by atoms with E-state index in [1.807, 2.05) is 18.2 Å². The summed E-state index contributed by atoms with van der Waals surface area (Å²) in [6.07, 6.45) is 4.24. The summed E-state index contributed by atoms with van der Waals surface area (Å²) < 4.78 is 28.9. The van der Waals surface area contributed by atoms with E-state index >= 15 is 0 Å². The predicted molar refractivity (Wildman–Crippen MR) is 88.9 cm³/mol. The van der Waals surface area contributed by atoms with Crippen LogP contribution in [0.3, 0.4) is 0 Å². The normalized spacial score (nSPS) is 18.5. The second-order valence-corrected chi connectivity index (χ2v) is 7.64. The summed E-state index contributed by atoms with van der Waals surface area (Å²) >= 11 is 0. The molecule has 0 unspecified atom stereocenters. The summed E-state index contributed by atoms with van der Waals surface area (Å²) in [5.41, 5.74) is 0.619. The minimum Gasteiger partial charge on any atom is -0.337 e. The van der Waals surface area contributed by atoms with E-state index in [0.29, 0.717) is 25.1 Å². The molecule has 0 spiro atoms. The Hall–Kier alpha value is -2.19.